The average molecular weight is 515 g/mol. The van der Waals surface area contributed by atoms with Gasteiger partial charge in [0.1, 0.15) is 0 Å². The van der Waals surface area contributed by atoms with E-state index < -0.39 is 0 Å². The van der Waals surface area contributed by atoms with E-state index in [1.54, 1.807) is 22.8 Å². The summed E-state index contributed by atoms with van der Waals surface area (Å²) < 4.78 is 53.0. The van der Waals surface area contributed by atoms with E-state index in [1.807, 2.05) is 60.7 Å². The van der Waals surface area contributed by atoms with Gasteiger partial charge in [-0.05, 0) is 30.3 Å². The number of hydrogen-bond acceptors (Lipinski definition) is 3. The summed E-state index contributed by atoms with van der Waals surface area (Å²) in [5.74, 6) is 1.29. The number of para-hydroxylation sites is 2. The first kappa shape index (κ1) is 16.8. The Morgan fingerprint density at radius 1 is 0.553 bits per heavy atom. The van der Waals surface area contributed by atoms with Crippen LogP contribution >= 0.6 is 11.6 Å². The lowest BCUT2D eigenvalue weighted by Crippen LogP contribution is -2.01. The maximum Gasteiger partial charge on any atom is 0.164 e. The molecule has 7 rings (SSSR count). The molecule has 0 spiro atoms. The molecular weight excluding hydrogens is 488 g/mol. The van der Waals surface area contributed by atoms with E-state index in [-0.39, 0.29) is 58.1 Å². The molecule has 4 nitrogen and oxygen atoms in total. The number of fused-ring (bicyclic) bond motifs is 3. The second-order valence-corrected chi connectivity index (χ2v) is 9.07. The Balaban J connectivity index is 1.54. The second kappa shape index (κ2) is 9.25. The topological polar surface area (TPSA) is 43.6 Å². The summed E-state index contributed by atoms with van der Waals surface area (Å²) in [5, 5.41) is 0.675. The largest absolute Gasteiger partial charge is 0.309 e. The summed E-state index contributed by atoms with van der Waals surface area (Å²) in [7, 11) is 0. The summed E-state index contributed by atoms with van der Waals surface area (Å²) in [6, 6.07) is 26.0. The molecule has 0 bridgehead atoms. The first-order valence-corrected chi connectivity index (χ1v) is 12.3. The molecule has 0 N–H and O–H groups in total. The quantitative estimate of drug-likeness (QED) is 0.236. The first-order valence-electron chi connectivity index (χ1n) is 14.9. The van der Waals surface area contributed by atoms with Crippen molar-refractivity contribution in [3.8, 4) is 39.9 Å². The van der Waals surface area contributed by atoms with Crippen molar-refractivity contribution in [3.63, 3.8) is 0 Å². The fraction of sp³-hybridized carbons (Fsp3) is 0. The predicted octanol–water partition coefficient (Wildman–Crippen LogP) is 8.62. The van der Waals surface area contributed by atoms with Crippen LogP contribution in [-0.2, 0) is 0 Å². The zero-order valence-corrected chi connectivity index (χ0v) is 20.6. The SMILES string of the molecule is [2H]c1cc([2H])c2c(c1[2H])c1c([2H])c([2H])cc([2H])c1n2-c1cc(Cl)cc(-c2nc(-c3ccccc3)nc(-c3ccccc3)n2)c1. The molecule has 0 unspecified atom stereocenters. The van der Waals surface area contributed by atoms with Gasteiger partial charge in [0.2, 0.25) is 0 Å². The molecule has 5 aromatic carbocycles. The number of nitrogens with zero attached hydrogens (tertiary/aromatic N) is 4. The number of benzene rings is 5. The molecule has 0 aliphatic rings. The Kier molecular flexibility index (Phi) is 4.10. The van der Waals surface area contributed by atoms with Crippen molar-refractivity contribution in [1.29, 1.82) is 0 Å². The van der Waals surface area contributed by atoms with Crippen molar-refractivity contribution < 1.29 is 8.22 Å². The van der Waals surface area contributed by atoms with Gasteiger partial charge in [-0.3, -0.25) is 0 Å². The summed E-state index contributed by atoms with van der Waals surface area (Å²) in [6.07, 6.45) is 0. The van der Waals surface area contributed by atoms with E-state index in [1.165, 1.54) is 12.1 Å². The van der Waals surface area contributed by atoms with Gasteiger partial charge in [-0.15, -0.1) is 0 Å². The molecule has 0 aliphatic heterocycles. The number of rotatable bonds is 4. The molecule has 0 fully saturated rings. The zero-order valence-electron chi connectivity index (χ0n) is 25.8. The molecule has 38 heavy (non-hydrogen) atoms. The van der Waals surface area contributed by atoms with E-state index in [4.69, 9.17) is 34.8 Å². The molecule has 0 radical (unpaired) electrons. The third kappa shape index (κ3) is 3.92. The van der Waals surface area contributed by atoms with E-state index >= 15 is 0 Å². The highest BCUT2D eigenvalue weighted by Gasteiger charge is 2.16. The molecule has 2 aromatic heterocycles. The van der Waals surface area contributed by atoms with E-state index in [9.17, 15) is 0 Å². The van der Waals surface area contributed by atoms with Crippen LogP contribution in [0.25, 0.3) is 61.7 Å². The van der Waals surface area contributed by atoms with Gasteiger partial charge in [-0.1, -0.05) is 109 Å². The normalized spacial score (nSPS) is 13.5. The van der Waals surface area contributed by atoms with Crippen molar-refractivity contribution >= 4 is 33.4 Å². The third-order valence-corrected chi connectivity index (χ3v) is 6.44. The minimum Gasteiger partial charge on any atom is -0.309 e. The average Bonchev–Trinajstić information content (AvgIpc) is 3.41. The third-order valence-electron chi connectivity index (χ3n) is 6.23. The molecule has 0 saturated carbocycles. The van der Waals surface area contributed by atoms with Crippen LogP contribution in [0.5, 0.6) is 0 Å². The van der Waals surface area contributed by atoms with E-state index in [2.05, 4.69) is 0 Å². The molecular formula is C33H21ClN4. The van der Waals surface area contributed by atoms with Crippen LogP contribution in [-0.4, -0.2) is 19.5 Å². The van der Waals surface area contributed by atoms with Gasteiger partial charge >= 0.3 is 0 Å². The summed E-state index contributed by atoms with van der Waals surface area (Å²) >= 11 is 6.71. The molecule has 2 heterocycles. The van der Waals surface area contributed by atoms with Gasteiger partial charge in [-0.2, -0.15) is 0 Å². The maximum absolute atomic E-state index is 8.78. The molecule has 5 heteroatoms. The Labute approximate surface area is 233 Å². The predicted molar refractivity (Wildman–Crippen MR) is 155 cm³/mol. The zero-order chi connectivity index (χ0) is 30.7. The Morgan fingerprint density at radius 2 is 1.05 bits per heavy atom. The summed E-state index contributed by atoms with van der Waals surface area (Å²) in [6.45, 7) is 0. The van der Waals surface area contributed by atoms with Crippen LogP contribution in [0.3, 0.4) is 0 Å². The molecule has 0 aliphatic carbocycles. The van der Waals surface area contributed by atoms with Crippen molar-refractivity contribution in [1.82, 2.24) is 19.5 Å². The molecule has 180 valence electrons. The van der Waals surface area contributed by atoms with Gasteiger partial charge in [0.15, 0.2) is 17.5 Å². The number of halogens is 1. The Hall–Kier alpha value is -4.80. The fourth-order valence-corrected chi connectivity index (χ4v) is 4.77. The van der Waals surface area contributed by atoms with Gasteiger partial charge in [-0.25, -0.2) is 15.0 Å². The van der Waals surface area contributed by atoms with Crippen LogP contribution in [0.2, 0.25) is 5.02 Å². The van der Waals surface area contributed by atoms with E-state index in [0.717, 1.165) is 11.1 Å². The molecule has 7 aromatic rings. The Morgan fingerprint density at radius 3 is 1.58 bits per heavy atom. The highest BCUT2D eigenvalue weighted by molar-refractivity contribution is 6.31. The fourth-order valence-electron chi connectivity index (χ4n) is 4.54. The van der Waals surface area contributed by atoms with E-state index in [0.29, 0.717) is 33.7 Å². The van der Waals surface area contributed by atoms with Crippen molar-refractivity contribution in [2.75, 3.05) is 0 Å². The maximum atomic E-state index is 8.78. The van der Waals surface area contributed by atoms with Crippen LogP contribution in [0, 0.1) is 0 Å². The number of hydrogen-bond donors (Lipinski definition) is 0. The van der Waals surface area contributed by atoms with Crippen molar-refractivity contribution in [3.05, 3.63) is 132 Å². The summed E-state index contributed by atoms with van der Waals surface area (Å²) in [5.41, 5.74) is 3.09. The monoisotopic (exact) mass is 514 g/mol. The minimum absolute atomic E-state index is 0.0538. The molecule has 0 atom stereocenters. The molecule has 0 amide bonds. The number of aromatic nitrogens is 4. The first-order chi connectivity index (χ1) is 21.2. The van der Waals surface area contributed by atoms with Crippen LogP contribution in [0.4, 0.5) is 0 Å². The lowest BCUT2D eigenvalue weighted by molar-refractivity contribution is 1.07. The lowest BCUT2D eigenvalue weighted by atomic mass is 10.1. The Bertz CT molecular complexity index is 2130. The molecule has 0 saturated heterocycles. The summed E-state index contributed by atoms with van der Waals surface area (Å²) in [4.78, 5) is 14.3. The van der Waals surface area contributed by atoms with Crippen LogP contribution in [0.15, 0.2) is 127 Å². The highest BCUT2D eigenvalue weighted by atomic mass is 35.5. The van der Waals surface area contributed by atoms with Crippen molar-refractivity contribution in [2.45, 2.75) is 0 Å². The second-order valence-electron chi connectivity index (χ2n) is 8.64. The van der Waals surface area contributed by atoms with Gasteiger partial charge in [0.05, 0.1) is 19.3 Å². The van der Waals surface area contributed by atoms with Crippen LogP contribution < -0.4 is 0 Å². The standard InChI is InChI=1S/C33H21ClN4/c34-25-19-24(20-26(21-25)38-29-17-9-7-15-27(29)28-16-8-10-18-30(28)38)33-36-31(22-11-3-1-4-12-22)35-32(37-33)23-13-5-2-6-14-23/h1-21H/i7D,8D,15D,16D,17D,18D. The lowest BCUT2D eigenvalue weighted by Gasteiger charge is -2.12. The highest BCUT2D eigenvalue weighted by Crippen LogP contribution is 2.34. The minimum atomic E-state index is -0.182. The van der Waals surface area contributed by atoms with Gasteiger partial charge in [0, 0.05) is 38.2 Å². The smallest absolute Gasteiger partial charge is 0.164 e. The van der Waals surface area contributed by atoms with Crippen LogP contribution in [0.1, 0.15) is 8.22 Å². The van der Waals surface area contributed by atoms with Gasteiger partial charge in [0.25, 0.3) is 0 Å². The van der Waals surface area contributed by atoms with Gasteiger partial charge < -0.3 is 4.57 Å². The van der Waals surface area contributed by atoms with Crippen molar-refractivity contribution in [2.24, 2.45) is 0 Å².